The molecule has 0 spiro atoms. The molecule has 0 radical (unpaired) electrons. The van der Waals surface area contributed by atoms with Gasteiger partial charge in [-0.3, -0.25) is 0 Å². The smallest absolute Gasteiger partial charge is 0.115 e. The number of aliphatic hydroxyl groups excluding tert-OH is 1. The van der Waals surface area contributed by atoms with Crippen molar-refractivity contribution in [2.24, 2.45) is 0 Å². The van der Waals surface area contributed by atoms with Crippen LogP contribution in [0.3, 0.4) is 0 Å². The molecular weight excluding hydrogens is 212 g/mol. The van der Waals surface area contributed by atoms with E-state index in [-0.39, 0.29) is 0 Å². The van der Waals surface area contributed by atoms with Gasteiger partial charge in [-0.1, -0.05) is 73.6 Å². The zero-order valence-corrected chi connectivity index (χ0v) is 13.3. The van der Waals surface area contributed by atoms with Crippen LogP contribution >= 0.6 is 0 Å². The fourth-order valence-corrected chi connectivity index (χ4v) is 0.428. The average Bonchev–Trinajstić information content (AvgIpc) is 2.50. The summed E-state index contributed by atoms with van der Waals surface area (Å²) in [6.07, 6.45) is 0. The molecule has 1 rings (SSSR count). The maximum absolute atomic E-state index is 8.63. The van der Waals surface area contributed by atoms with E-state index in [1.54, 1.807) is 24.3 Å². The van der Waals surface area contributed by atoms with E-state index >= 15 is 0 Å². The summed E-state index contributed by atoms with van der Waals surface area (Å²) in [7, 11) is 1.00. The quantitative estimate of drug-likeness (QED) is 0.668. The van der Waals surface area contributed by atoms with Crippen LogP contribution in [0.2, 0.25) is 0 Å². The predicted octanol–water partition coefficient (Wildman–Crippen LogP) is 5.11. The summed E-state index contributed by atoms with van der Waals surface area (Å²) < 4.78 is 0. The third-order valence-corrected chi connectivity index (χ3v) is 0.756. The zero-order chi connectivity index (χ0) is 15.1. The molecule has 0 saturated heterocycles. The van der Waals surface area contributed by atoms with Crippen LogP contribution in [0.25, 0.3) is 0 Å². The number of para-hydroxylation sites is 1. The molecule has 2 heteroatoms. The second kappa shape index (κ2) is 60.1. The van der Waals surface area contributed by atoms with E-state index in [1.807, 2.05) is 61.5 Å². The molecule has 2 nitrogen and oxygen atoms in total. The number of hydrogen-bond acceptors (Lipinski definition) is 2. The van der Waals surface area contributed by atoms with Crippen LogP contribution in [0, 0.1) is 0 Å². The Hall–Kier alpha value is -1.02. The molecule has 1 aromatic carbocycles. The first-order valence-electron chi connectivity index (χ1n) is 6.58. The number of phenolic OH excluding ortho intramolecular Hbond substituents is 1. The SMILES string of the molecule is CC.CC.CC.CC.CO.Oc1ccccc1. The first-order valence-corrected chi connectivity index (χ1v) is 6.58. The first-order chi connectivity index (χ1) is 8.39. The van der Waals surface area contributed by atoms with E-state index in [9.17, 15) is 0 Å². The molecule has 0 fully saturated rings. The molecule has 0 bridgehead atoms. The maximum atomic E-state index is 8.63. The minimum Gasteiger partial charge on any atom is -0.508 e. The lowest BCUT2D eigenvalue weighted by Crippen LogP contribution is -1.56. The Morgan fingerprint density at radius 1 is 0.588 bits per heavy atom. The molecule has 0 aliphatic heterocycles. The number of rotatable bonds is 0. The van der Waals surface area contributed by atoms with Gasteiger partial charge in [-0.15, -0.1) is 0 Å². The van der Waals surface area contributed by atoms with E-state index in [4.69, 9.17) is 10.2 Å². The van der Waals surface area contributed by atoms with Gasteiger partial charge in [-0.05, 0) is 12.1 Å². The molecule has 0 saturated carbocycles. The molecule has 106 valence electrons. The van der Waals surface area contributed by atoms with Crippen molar-refractivity contribution in [3.05, 3.63) is 30.3 Å². The molecule has 0 atom stereocenters. The largest absolute Gasteiger partial charge is 0.508 e. The van der Waals surface area contributed by atoms with Gasteiger partial charge < -0.3 is 10.2 Å². The summed E-state index contributed by atoms with van der Waals surface area (Å²) in [5.41, 5.74) is 0. The highest BCUT2D eigenvalue weighted by molar-refractivity contribution is 5.18. The van der Waals surface area contributed by atoms with Crippen LogP contribution in [-0.2, 0) is 0 Å². The highest BCUT2D eigenvalue weighted by Crippen LogP contribution is 2.02. The fourth-order valence-electron chi connectivity index (χ4n) is 0.428. The summed E-state index contributed by atoms with van der Waals surface area (Å²) >= 11 is 0. The minimum atomic E-state index is 0.322. The van der Waals surface area contributed by atoms with Gasteiger partial charge in [0, 0.05) is 7.11 Å². The third kappa shape index (κ3) is 51.8. The van der Waals surface area contributed by atoms with Crippen LogP contribution in [0.5, 0.6) is 5.75 Å². The fraction of sp³-hybridized carbons (Fsp3) is 0.600. The van der Waals surface area contributed by atoms with Gasteiger partial charge in [-0.2, -0.15) is 0 Å². The molecule has 0 aromatic heterocycles. The summed E-state index contributed by atoms with van der Waals surface area (Å²) in [6.45, 7) is 16.0. The van der Waals surface area contributed by atoms with Crippen molar-refractivity contribution in [3.8, 4) is 5.75 Å². The Morgan fingerprint density at radius 2 is 0.824 bits per heavy atom. The number of phenols is 1. The molecule has 0 heterocycles. The predicted molar refractivity (Wildman–Crippen MR) is 81.6 cm³/mol. The van der Waals surface area contributed by atoms with Crippen molar-refractivity contribution in [2.45, 2.75) is 55.4 Å². The van der Waals surface area contributed by atoms with Crippen LogP contribution in [-0.4, -0.2) is 17.3 Å². The van der Waals surface area contributed by atoms with Crippen molar-refractivity contribution in [2.75, 3.05) is 7.11 Å². The number of hydrogen-bond donors (Lipinski definition) is 2. The summed E-state index contributed by atoms with van der Waals surface area (Å²) in [5.74, 6) is 0.322. The Labute approximate surface area is 109 Å². The standard InChI is InChI=1S/C6H6O.4C2H6.CH4O/c7-6-4-2-1-3-5-6;5*1-2/h1-5,7H;4*1-2H3;2H,1H3. The Bertz CT molecular complexity index is 139. The van der Waals surface area contributed by atoms with Crippen molar-refractivity contribution >= 4 is 0 Å². The van der Waals surface area contributed by atoms with Gasteiger partial charge in [0.2, 0.25) is 0 Å². The molecule has 0 aliphatic carbocycles. The highest BCUT2D eigenvalue weighted by atomic mass is 16.3. The topological polar surface area (TPSA) is 40.5 Å². The summed E-state index contributed by atoms with van der Waals surface area (Å²) in [4.78, 5) is 0. The lowest BCUT2D eigenvalue weighted by molar-refractivity contribution is 0.399. The lowest BCUT2D eigenvalue weighted by Gasteiger charge is -1.82. The van der Waals surface area contributed by atoms with Crippen LogP contribution in [0.15, 0.2) is 30.3 Å². The van der Waals surface area contributed by atoms with Gasteiger partial charge in [0.1, 0.15) is 5.75 Å². The van der Waals surface area contributed by atoms with Gasteiger partial charge >= 0.3 is 0 Å². The van der Waals surface area contributed by atoms with Crippen LogP contribution < -0.4 is 0 Å². The monoisotopic (exact) mass is 246 g/mol. The molecule has 0 aliphatic rings. The molecule has 0 amide bonds. The number of benzene rings is 1. The normalized spacial score (nSPS) is 5.29. The van der Waals surface area contributed by atoms with E-state index in [2.05, 4.69) is 0 Å². The minimum absolute atomic E-state index is 0.322. The second-order valence-electron chi connectivity index (χ2n) is 1.34. The molecule has 0 unspecified atom stereocenters. The van der Waals surface area contributed by atoms with Crippen molar-refractivity contribution in [1.29, 1.82) is 0 Å². The Balaban J connectivity index is -0.0000000413. The van der Waals surface area contributed by atoms with E-state index < -0.39 is 0 Å². The molecular formula is C15H34O2. The first kappa shape index (κ1) is 29.7. The van der Waals surface area contributed by atoms with E-state index in [0.717, 1.165) is 7.11 Å². The van der Waals surface area contributed by atoms with Crippen LogP contribution in [0.4, 0.5) is 0 Å². The number of aliphatic hydroxyl groups is 1. The third-order valence-electron chi connectivity index (χ3n) is 0.756. The van der Waals surface area contributed by atoms with Gasteiger partial charge in [-0.25, -0.2) is 0 Å². The van der Waals surface area contributed by atoms with Gasteiger partial charge in [0.25, 0.3) is 0 Å². The molecule has 17 heavy (non-hydrogen) atoms. The van der Waals surface area contributed by atoms with Crippen LogP contribution in [0.1, 0.15) is 55.4 Å². The second-order valence-corrected chi connectivity index (χ2v) is 1.34. The van der Waals surface area contributed by atoms with Gasteiger partial charge in [0.15, 0.2) is 0 Å². The molecule has 2 N–H and O–H groups in total. The zero-order valence-electron chi connectivity index (χ0n) is 13.3. The highest BCUT2D eigenvalue weighted by Gasteiger charge is 1.74. The van der Waals surface area contributed by atoms with E-state index in [1.165, 1.54) is 0 Å². The average molecular weight is 246 g/mol. The summed E-state index contributed by atoms with van der Waals surface area (Å²) in [6, 6.07) is 8.71. The van der Waals surface area contributed by atoms with Crippen molar-refractivity contribution in [3.63, 3.8) is 0 Å². The molecule has 1 aromatic rings. The van der Waals surface area contributed by atoms with Gasteiger partial charge in [0.05, 0.1) is 0 Å². The summed E-state index contributed by atoms with van der Waals surface area (Å²) in [5, 5.41) is 15.6. The van der Waals surface area contributed by atoms with E-state index in [0.29, 0.717) is 5.75 Å². The number of aromatic hydroxyl groups is 1. The van der Waals surface area contributed by atoms with Crippen molar-refractivity contribution in [1.82, 2.24) is 0 Å². The Kier molecular flexibility index (Phi) is 105. The maximum Gasteiger partial charge on any atom is 0.115 e. The lowest BCUT2D eigenvalue weighted by atomic mass is 10.3. The Morgan fingerprint density at radius 3 is 0.941 bits per heavy atom. The van der Waals surface area contributed by atoms with Crippen molar-refractivity contribution < 1.29 is 10.2 Å².